The smallest absolute Gasteiger partial charge is 0.000991 e. The fraction of sp³-hybridized carbons (Fsp3) is 0.800. The molecule has 0 heterocycles. The maximum absolute atomic E-state index is 2.67. The molecule has 1 nitrogen and oxygen atoms in total. The second-order valence-electron chi connectivity index (χ2n) is 7.79. The molecule has 0 saturated heterocycles. The van der Waals surface area contributed by atoms with E-state index in [4.69, 9.17) is 0 Å². The van der Waals surface area contributed by atoms with Gasteiger partial charge in [-0.05, 0) is 69.9 Å². The summed E-state index contributed by atoms with van der Waals surface area (Å²) in [5.74, 6) is 3.47. The van der Waals surface area contributed by atoms with Gasteiger partial charge in [-0.15, -0.1) is 12.4 Å². The summed E-state index contributed by atoms with van der Waals surface area (Å²) in [4.78, 5) is 2.32. The van der Waals surface area contributed by atoms with Crippen LogP contribution in [0.2, 0.25) is 0 Å². The first-order valence-electron chi connectivity index (χ1n) is 9.28. The van der Waals surface area contributed by atoms with E-state index in [1.54, 1.807) is 0 Å². The van der Waals surface area contributed by atoms with Crippen LogP contribution in [-0.2, 0) is 0 Å². The lowest BCUT2D eigenvalue weighted by molar-refractivity contribution is 0.264. The topological polar surface area (TPSA) is 3.24 Å². The predicted octanol–water partition coefficient (Wildman–Crippen LogP) is 5.47. The van der Waals surface area contributed by atoms with E-state index in [0.717, 1.165) is 23.7 Å². The zero-order valence-electron chi connectivity index (χ0n) is 14.5. The summed E-state index contributed by atoms with van der Waals surface area (Å²) in [6.07, 6.45) is 20.7. The first-order valence-corrected chi connectivity index (χ1v) is 9.28. The highest BCUT2D eigenvalue weighted by molar-refractivity contribution is 5.85. The quantitative estimate of drug-likeness (QED) is 0.622. The van der Waals surface area contributed by atoms with Gasteiger partial charge in [0.15, 0.2) is 0 Å². The molecule has 0 N–H and O–H groups in total. The Hall–Kier alpha value is -0.270. The van der Waals surface area contributed by atoms with E-state index in [9.17, 15) is 0 Å². The van der Waals surface area contributed by atoms with Crippen LogP contribution in [0.25, 0.3) is 0 Å². The van der Waals surface area contributed by atoms with Crippen LogP contribution in [0.4, 0.5) is 0 Å². The lowest BCUT2D eigenvalue weighted by Gasteiger charge is -2.37. The zero-order valence-corrected chi connectivity index (χ0v) is 15.3. The lowest BCUT2D eigenvalue weighted by Crippen LogP contribution is -2.26. The van der Waals surface area contributed by atoms with Crippen molar-refractivity contribution < 1.29 is 0 Å². The average molecular weight is 324 g/mol. The maximum Gasteiger partial charge on any atom is 0.000991 e. The van der Waals surface area contributed by atoms with Gasteiger partial charge in [-0.3, -0.25) is 0 Å². The Labute approximate surface area is 143 Å². The van der Waals surface area contributed by atoms with Gasteiger partial charge in [0.05, 0.1) is 0 Å². The van der Waals surface area contributed by atoms with Crippen molar-refractivity contribution in [3.8, 4) is 0 Å². The second kappa shape index (κ2) is 8.55. The maximum atomic E-state index is 2.67. The van der Waals surface area contributed by atoms with Gasteiger partial charge in [0.1, 0.15) is 0 Å². The van der Waals surface area contributed by atoms with E-state index in [2.05, 4.69) is 37.2 Å². The first-order chi connectivity index (χ1) is 10.3. The highest BCUT2D eigenvalue weighted by Crippen LogP contribution is 2.47. The molecule has 0 bridgehead atoms. The normalized spacial score (nSPS) is 34.4. The summed E-state index contributed by atoms with van der Waals surface area (Å²) in [5, 5.41) is 0. The summed E-state index contributed by atoms with van der Waals surface area (Å²) in [7, 11) is 4.39. The number of allylic oxidation sites excluding steroid dienone is 3. The molecule has 22 heavy (non-hydrogen) atoms. The monoisotopic (exact) mass is 323 g/mol. The average Bonchev–Trinajstić information content (AvgIpc) is 2.65. The van der Waals surface area contributed by atoms with Gasteiger partial charge in [-0.25, -0.2) is 0 Å². The molecule has 0 aromatic rings. The van der Waals surface area contributed by atoms with E-state index in [0.29, 0.717) is 0 Å². The third-order valence-corrected chi connectivity index (χ3v) is 6.06. The molecule has 2 fully saturated rings. The van der Waals surface area contributed by atoms with Crippen molar-refractivity contribution in [1.82, 2.24) is 4.90 Å². The number of halogens is 1. The predicted molar refractivity (Wildman–Crippen MR) is 98.5 cm³/mol. The van der Waals surface area contributed by atoms with Gasteiger partial charge in [-0.1, -0.05) is 49.5 Å². The van der Waals surface area contributed by atoms with Crippen molar-refractivity contribution in [2.75, 3.05) is 20.6 Å². The van der Waals surface area contributed by atoms with Crippen LogP contribution in [0, 0.1) is 23.7 Å². The Morgan fingerprint density at radius 1 is 0.909 bits per heavy atom. The van der Waals surface area contributed by atoms with Gasteiger partial charge >= 0.3 is 0 Å². The highest BCUT2D eigenvalue weighted by atomic mass is 35.5. The van der Waals surface area contributed by atoms with E-state index in [-0.39, 0.29) is 12.4 Å². The van der Waals surface area contributed by atoms with E-state index < -0.39 is 0 Å². The second-order valence-corrected chi connectivity index (χ2v) is 7.79. The van der Waals surface area contributed by atoms with Gasteiger partial charge < -0.3 is 4.90 Å². The minimum absolute atomic E-state index is 0. The molecule has 2 saturated carbocycles. The molecular weight excluding hydrogens is 290 g/mol. The third kappa shape index (κ3) is 4.17. The first kappa shape index (κ1) is 18.1. The Morgan fingerprint density at radius 2 is 1.41 bits per heavy atom. The Balaban J connectivity index is 0.00000176. The summed E-state index contributed by atoms with van der Waals surface area (Å²) in [5.41, 5.74) is 1.87. The van der Waals surface area contributed by atoms with Gasteiger partial charge in [0.2, 0.25) is 0 Å². The van der Waals surface area contributed by atoms with E-state index in [1.807, 2.05) is 5.57 Å². The fourth-order valence-corrected chi connectivity index (χ4v) is 4.96. The lowest BCUT2D eigenvalue weighted by atomic mass is 9.68. The minimum Gasteiger partial charge on any atom is -0.309 e. The molecule has 3 rings (SSSR count). The van der Waals surface area contributed by atoms with Crippen molar-refractivity contribution in [1.29, 1.82) is 0 Å². The number of rotatable bonds is 3. The summed E-state index contributed by atoms with van der Waals surface area (Å²) in [6, 6.07) is 0. The highest BCUT2D eigenvalue weighted by Gasteiger charge is 2.36. The van der Waals surface area contributed by atoms with Crippen LogP contribution in [0.15, 0.2) is 23.8 Å². The molecule has 0 amide bonds. The molecular formula is C20H34ClN. The van der Waals surface area contributed by atoms with E-state index in [1.165, 1.54) is 64.3 Å². The largest absolute Gasteiger partial charge is 0.309 e. The summed E-state index contributed by atoms with van der Waals surface area (Å²) < 4.78 is 0. The van der Waals surface area contributed by atoms with Crippen molar-refractivity contribution in [3.63, 3.8) is 0 Å². The molecule has 126 valence electrons. The molecule has 0 spiro atoms. The van der Waals surface area contributed by atoms with Gasteiger partial charge in [0, 0.05) is 6.54 Å². The van der Waals surface area contributed by atoms with Crippen LogP contribution in [0.5, 0.6) is 0 Å². The molecule has 0 aliphatic heterocycles. The number of hydrogen-bond acceptors (Lipinski definition) is 1. The molecule has 0 aromatic heterocycles. The molecule has 0 radical (unpaired) electrons. The molecule has 0 aromatic carbocycles. The third-order valence-electron chi connectivity index (χ3n) is 6.06. The molecule has 2 heteroatoms. The van der Waals surface area contributed by atoms with Crippen LogP contribution in [0.1, 0.15) is 57.8 Å². The van der Waals surface area contributed by atoms with Crippen LogP contribution in [-0.4, -0.2) is 25.5 Å². The van der Waals surface area contributed by atoms with Crippen LogP contribution in [0.3, 0.4) is 0 Å². The molecule has 3 aliphatic carbocycles. The van der Waals surface area contributed by atoms with Gasteiger partial charge in [0.25, 0.3) is 0 Å². The summed E-state index contributed by atoms with van der Waals surface area (Å²) >= 11 is 0. The zero-order chi connectivity index (χ0) is 14.7. The van der Waals surface area contributed by atoms with Crippen molar-refractivity contribution in [2.45, 2.75) is 57.8 Å². The van der Waals surface area contributed by atoms with Crippen molar-refractivity contribution in [3.05, 3.63) is 23.8 Å². The van der Waals surface area contributed by atoms with Crippen LogP contribution >= 0.6 is 12.4 Å². The number of nitrogens with zero attached hydrogens (tertiary/aromatic N) is 1. The van der Waals surface area contributed by atoms with Crippen molar-refractivity contribution in [2.24, 2.45) is 23.7 Å². The molecule has 3 aliphatic rings. The Kier molecular flexibility index (Phi) is 7.02. The number of hydrogen-bond donors (Lipinski definition) is 0. The molecule has 4 unspecified atom stereocenters. The van der Waals surface area contributed by atoms with Gasteiger partial charge in [-0.2, -0.15) is 0 Å². The fourth-order valence-electron chi connectivity index (χ4n) is 4.96. The molecule has 4 atom stereocenters. The summed E-state index contributed by atoms with van der Waals surface area (Å²) in [6.45, 7) is 1.20. The van der Waals surface area contributed by atoms with Crippen LogP contribution < -0.4 is 0 Å². The SMILES string of the molecule is CN(C)CCC=C1C2CCCCC2C=CC2CCCCC12.Cl. The minimum atomic E-state index is 0. The Morgan fingerprint density at radius 3 is 1.91 bits per heavy atom. The van der Waals surface area contributed by atoms with Crippen molar-refractivity contribution >= 4 is 12.4 Å². The standard InChI is InChI=1S/C20H33N.ClH/c1-21(2)15-7-12-20-18-10-5-3-8-16(18)13-14-17-9-4-6-11-19(17)20;/h12-14,16-19H,3-11,15H2,1-2H3;1H. The number of fused-ring (bicyclic) bond motifs is 2. The van der Waals surface area contributed by atoms with E-state index >= 15 is 0 Å². The Bertz CT molecular complexity index is 371.